The van der Waals surface area contributed by atoms with Crippen molar-refractivity contribution in [2.24, 2.45) is 0 Å². The fourth-order valence-electron chi connectivity index (χ4n) is 3.34. The maximum Gasteiger partial charge on any atom is 0.272 e. The molecule has 1 unspecified atom stereocenters. The number of nitrogens with zero attached hydrogens (tertiary/aromatic N) is 4. The van der Waals surface area contributed by atoms with Gasteiger partial charge in [0.1, 0.15) is 5.02 Å². The number of nitriles is 1. The van der Waals surface area contributed by atoms with Crippen LogP contribution in [0.15, 0.2) is 24.5 Å². The molecule has 1 aliphatic heterocycles. The van der Waals surface area contributed by atoms with Crippen molar-refractivity contribution in [2.75, 3.05) is 13.2 Å². The molecule has 2 aromatic rings. The number of pyridine rings is 2. The minimum Gasteiger partial charge on any atom is -0.471 e. The van der Waals surface area contributed by atoms with Crippen LogP contribution in [0.25, 0.3) is 0 Å². The molecule has 1 aliphatic rings. The summed E-state index contributed by atoms with van der Waals surface area (Å²) in [6.45, 7) is 1.46. The first-order valence-electron chi connectivity index (χ1n) is 9.79. The Balaban J connectivity index is 1.74. The van der Waals surface area contributed by atoms with Crippen molar-refractivity contribution in [3.05, 3.63) is 51.9 Å². The molecular formula is C21H20ClF2N5O3. The number of rotatable bonds is 9. The topological polar surface area (TPSA) is 108 Å². The lowest BCUT2D eigenvalue weighted by molar-refractivity contribution is -0.120. The molecule has 1 N–H and O–H groups in total. The second kappa shape index (κ2) is 10.3. The van der Waals surface area contributed by atoms with Crippen LogP contribution in [0.5, 0.6) is 5.88 Å². The molecule has 8 nitrogen and oxygen atoms in total. The molecule has 32 heavy (non-hydrogen) atoms. The molecule has 0 saturated carbocycles. The lowest BCUT2D eigenvalue weighted by Gasteiger charge is -2.25. The molecule has 0 fully saturated rings. The van der Waals surface area contributed by atoms with Gasteiger partial charge in [0, 0.05) is 36.6 Å². The van der Waals surface area contributed by atoms with Gasteiger partial charge in [-0.15, -0.1) is 0 Å². The van der Waals surface area contributed by atoms with Crippen LogP contribution >= 0.6 is 11.6 Å². The quantitative estimate of drug-likeness (QED) is 0.572. The van der Waals surface area contributed by atoms with Gasteiger partial charge in [0.25, 0.3) is 12.3 Å². The van der Waals surface area contributed by atoms with Crippen molar-refractivity contribution in [1.29, 1.82) is 5.26 Å². The van der Waals surface area contributed by atoms with Gasteiger partial charge in [-0.1, -0.05) is 11.6 Å². The first-order valence-corrected chi connectivity index (χ1v) is 10.2. The number of nitrogens with one attached hydrogen (secondary N) is 1. The highest BCUT2D eigenvalue weighted by molar-refractivity contribution is 6.31. The fraction of sp³-hybridized carbons (Fsp3) is 0.381. The van der Waals surface area contributed by atoms with Crippen LogP contribution in [0.1, 0.15) is 46.6 Å². The number of amides is 2. The third kappa shape index (κ3) is 5.29. The fourth-order valence-corrected chi connectivity index (χ4v) is 3.57. The van der Waals surface area contributed by atoms with E-state index in [1.165, 1.54) is 18.5 Å². The molecule has 0 radical (unpaired) electrons. The van der Waals surface area contributed by atoms with E-state index < -0.39 is 19.1 Å². The predicted molar refractivity (Wildman–Crippen MR) is 110 cm³/mol. The Hall–Kier alpha value is -3.32. The summed E-state index contributed by atoms with van der Waals surface area (Å²) in [4.78, 5) is 35.0. The second-order valence-corrected chi connectivity index (χ2v) is 7.49. The van der Waals surface area contributed by atoms with E-state index in [0.29, 0.717) is 22.4 Å². The van der Waals surface area contributed by atoms with E-state index in [0.717, 1.165) is 0 Å². The zero-order chi connectivity index (χ0) is 23.3. The number of carbonyl (C=O) groups is 2. The largest absolute Gasteiger partial charge is 0.471 e. The van der Waals surface area contributed by atoms with Crippen LogP contribution < -0.4 is 10.1 Å². The predicted octanol–water partition coefficient (Wildman–Crippen LogP) is 3.06. The van der Waals surface area contributed by atoms with Crippen molar-refractivity contribution in [3.8, 4) is 11.9 Å². The molecule has 0 bridgehead atoms. The van der Waals surface area contributed by atoms with Crippen LogP contribution in [0.2, 0.25) is 5.02 Å². The molecule has 2 aromatic heterocycles. The summed E-state index contributed by atoms with van der Waals surface area (Å²) in [7, 11) is 0. The second-order valence-electron chi connectivity index (χ2n) is 7.09. The van der Waals surface area contributed by atoms with Gasteiger partial charge in [-0.25, -0.2) is 13.8 Å². The standard InChI is InChI=1S/C21H20ClF2N5O3/c1-12(13-7-16(22)20(28-9-13)32-11-18(23)24)29-10-15-14(21(29)31)3-6-26-17(15)8-19(30)27-5-2-4-25/h3,6-7,9,12,18H,2,5,8,10-11H2,1H3,(H,27,30). The summed E-state index contributed by atoms with van der Waals surface area (Å²) < 4.78 is 29.6. The maximum atomic E-state index is 13.0. The molecular weight excluding hydrogens is 444 g/mol. The van der Waals surface area contributed by atoms with Crippen LogP contribution in [0.3, 0.4) is 0 Å². The zero-order valence-electron chi connectivity index (χ0n) is 17.1. The van der Waals surface area contributed by atoms with Crippen molar-refractivity contribution in [1.82, 2.24) is 20.2 Å². The summed E-state index contributed by atoms with van der Waals surface area (Å²) in [6.07, 6.45) is 0.459. The lowest BCUT2D eigenvalue weighted by atomic mass is 10.1. The van der Waals surface area contributed by atoms with Crippen molar-refractivity contribution >= 4 is 23.4 Å². The van der Waals surface area contributed by atoms with Gasteiger partial charge in [0.2, 0.25) is 11.8 Å². The van der Waals surface area contributed by atoms with E-state index in [2.05, 4.69) is 15.3 Å². The maximum absolute atomic E-state index is 13.0. The number of fused-ring (bicyclic) bond motifs is 1. The van der Waals surface area contributed by atoms with Gasteiger partial charge in [-0.3, -0.25) is 14.6 Å². The minimum atomic E-state index is -2.65. The molecule has 0 saturated heterocycles. The zero-order valence-corrected chi connectivity index (χ0v) is 17.9. The molecule has 0 aliphatic carbocycles. The molecule has 3 heterocycles. The van der Waals surface area contributed by atoms with E-state index in [1.54, 1.807) is 17.9 Å². The monoisotopic (exact) mass is 463 g/mol. The normalized spacial score (nSPS) is 13.6. The Morgan fingerprint density at radius 1 is 1.44 bits per heavy atom. The van der Waals surface area contributed by atoms with Crippen LogP contribution in [0.4, 0.5) is 8.78 Å². The summed E-state index contributed by atoms with van der Waals surface area (Å²) in [6, 6.07) is 4.65. The molecule has 0 aromatic carbocycles. The third-order valence-electron chi connectivity index (χ3n) is 4.98. The summed E-state index contributed by atoms with van der Waals surface area (Å²) >= 11 is 6.11. The van der Waals surface area contributed by atoms with Crippen LogP contribution in [-0.4, -0.2) is 46.3 Å². The van der Waals surface area contributed by atoms with Gasteiger partial charge >= 0.3 is 0 Å². The molecule has 2 amide bonds. The Morgan fingerprint density at radius 3 is 2.91 bits per heavy atom. The first-order chi connectivity index (χ1) is 15.3. The van der Waals surface area contributed by atoms with Gasteiger partial charge in [0.05, 0.1) is 30.6 Å². The van der Waals surface area contributed by atoms with Crippen LogP contribution in [0, 0.1) is 11.3 Å². The van der Waals surface area contributed by atoms with E-state index in [-0.39, 0.29) is 48.6 Å². The SMILES string of the molecule is CC(c1cnc(OCC(F)F)c(Cl)c1)N1Cc2c(ccnc2CC(=O)NCCC#N)C1=O. The van der Waals surface area contributed by atoms with E-state index >= 15 is 0 Å². The number of hydrogen-bond acceptors (Lipinski definition) is 6. The Labute approximate surface area is 188 Å². The van der Waals surface area contributed by atoms with Gasteiger partial charge in [-0.2, -0.15) is 5.26 Å². The van der Waals surface area contributed by atoms with Crippen molar-refractivity contribution < 1.29 is 23.1 Å². The Morgan fingerprint density at radius 2 is 2.22 bits per heavy atom. The van der Waals surface area contributed by atoms with Gasteiger partial charge < -0.3 is 15.0 Å². The lowest BCUT2D eigenvalue weighted by Crippen LogP contribution is -2.28. The Bertz CT molecular complexity index is 1060. The number of hydrogen-bond donors (Lipinski definition) is 1. The van der Waals surface area contributed by atoms with Crippen molar-refractivity contribution in [3.63, 3.8) is 0 Å². The van der Waals surface area contributed by atoms with Gasteiger partial charge in [-0.05, 0) is 24.6 Å². The summed E-state index contributed by atoms with van der Waals surface area (Å²) in [5.41, 5.74) is 2.22. The molecule has 0 spiro atoms. The van der Waals surface area contributed by atoms with E-state index in [4.69, 9.17) is 21.6 Å². The summed E-state index contributed by atoms with van der Waals surface area (Å²) in [5, 5.41) is 11.3. The minimum absolute atomic E-state index is 0.00629. The average Bonchev–Trinajstić information content (AvgIpc) is 3.10. The highest BCUT2D eigenvalue weighted by Crippen LogP contribution is 2.34. The molecule has 3 rings (SSSR count). The van der Waals surface area contributed by atoms with Crippen LogP contribution in [-0.2, 0) is 17.8 Å². The highest BCUT2D eigenvalue weighted by atomic mass is 35.5. The van der Waals surface area contributed by atoms with E-state index in [1.807, 2.05) is 6.07 Å². The average molecular weight is 464 g/mol. The smallest absolute Gasteiger partial charge is 0.272 e. The number of aromatic nitrogens is 2. The Kier molecular flexibility index (Phi) is 7.53. The number of alkyl halides is 2. The number of carbonyl (C=O) groups excluding carboxylic acids is 2. The summed E-state index contributed by atoms with van der Waals surface area (Å²) in [5.74, 6) is -0.612. The first kappa shape index (κ1) is 23.3. The van der Waals surface area contributed by atoms with Gasteiger partial charge in [0.15, 0.2) is 6.61 Å². The third-order valence-corrected chi connectivity index (χ3v) is 5.25. The molecule has 1 atom stereocenters. The molecule has 168 valence electrons. The number of ether oxygens (including phenoxy) is 1. The highest BCUT2D eigenvalue weighted by Gasteiger charge is 2.34. The number of halogens is 3. The van der Waals surface area contributed by atoms with Crippen molar-refractivity contribution in [2.45, 2.75) is 38.8 Å². The van der Waals surface area contributed by atoms with E-state index in [9.17, 15) is 18.4 Å². The molecule has 11 heteroatoms.